The molecule has 0 bridgehead atoms. The summed E-state index contributed by atoms with van der Waals surface area (Å²) in [6, 6.07) is 4.72. The van der Waals surface area contributed by atoms with Gasteiger partial charge in [-0.3, -0.25) is 9.59 Å². The molecular weight excluding hydrogens is 276 g/mol. The van der Waals surface area contributed by atoms with Gasteiger partial charge in [0.05, 0.1) is 11.3 Å². The van der Waals surface area contributed by atoms with Gasteiger partial charge in [0.25, 0.3) is 5.56 Å². The van der Waals surface area contributed by atoms with Gasteiger partial charge in [-0.2, -0.15) is 0 Å². The summed E-state index contributed by atoms with van der Waals surface area (Å²) in [5.74, 6) is 0.595. The number of aromatic amines is 1. The molecule has 0 saturated carbocycles. The number of nitrogens with one attached hydrogen (secondary N) is 1. The van der Waals surface area contributed by atoms with Gasteiger partial charge >= 0.3 is 5.69 Å². The van der Waals surface area contributed by atoms with Crippen LogP contribution in [0, 0.1) is 0 Å². The van der Waals surface area contributed by atoms with E-state index in [4.69, 9.17) is 9.47 Å². The second-order valence-electron chi connectivity index (χ2n) is 4.53. The number of hydrogen-bond acceptors (Lipinski definition) is 5. The Morgan fingerprint density at radius 2 is 1.90 bits per heavy atom. The Balaban J connectivity index is 2.21. The molecule has 21 heavy (non-hydrogen) atoms. The Labute approximate surface area is 118 Å². The van der Waals surface area contributed by atoms with Crippen LogP contribution in [0.25, 0.3) is 5.69 Å². The van der Waals surface area contributed by atoms with Crippen LogP contribution in [0.4, 0.5) is 0 Å². The van der Waals surface area contributed by atoms with E-state index >= 15 is 0 Å². The standard InChI is InChI=1S/C14H12N2O5/c1-8(17)10-7-15-14(19)16(13(10)18)9-2-3-11-12(6-9)21-5-4-20-11/h2-3,6-7H,4-5H2,1H3,(H,15,19). The quantitative estimate of drug-likeness (QED) is 0.813. The molecule has 1 aliphatic heterocycles. The zero-order valence-electron chi connectivity index (χ0n) is 11.2. The highest BCUT2D eigenvalue weighted by molar-refractivity contribution is 5.93. The molecule has 0 amide bonds. The Kier molecular flexibility index (Phi) is 3.09. The largest absolute Gasteiger partial charge is 0.486 e. The highest BCUT2D eigenvalue weighted by atomic mass is 16.6. The summed E-state index contributed by atoms with van der Waals surface area (Å²) in [5.41, 5.74) is -1.05. The average Bonchev–Trinajstić information content (AvgIpc) is 2.47. The molecule has 1 N–H and O–H groups in total. The van der Waals surface area contributed by atoms with Crippen molar-refractivity contribution >= 4 is 5.78 Å². The number of carbonyl (C=O) groups excluding carboxylic acids is 1. The first kappa shape index (κ1) is 13.2. The third-order valence-corrected chi connectivity index (χ3v) is 3.14. The maximum Gasteiger partial charge on any atom is 0.333 e. The molecule has 1 aromatic heterocycles. The van der Waals surface area contributed by atoms with E-state index in [-0.39, 0.29) is 5.56 Å². The van der Waals surface area contributed by atoms with Crippen LogP contribution in [-0.2, 0) is 0 Å². The van der Waals surface area contributed by atoms with Gasteiger partial charge in [-0.15, -0.1) is 0 Å². The van der Waals surface area contributed by atoms with Crippen LogP contribution in [0.5, 0.6) is 11.5 Å². The second kappa shape index (κ2) is 4.93. The third kappa shape index (κ3) is 2.22. The van der Waals surface area contributed by atoms with E-state index in [0.717, 1.165) is 10.8 Å². The molecule has 1 aromatic carbocycles. The summed E-state index contributed by atoms with van der Waals surface area (Å²) >= 11 is 0. The van der Waals surface area contributed by atoms with Crippen molar-refractivity contribution in [2.45, 2.75) is 6.92 Å². The number of rotatable bonds is 2. The fourth-order valence-electron chi connectivity index (χ4n) is 2.13. The maximum absolute atomic E-state index is 12.2. The van der Waals surface area contributed by atoms with Gasteiger partial charge in [-0.25, -0.2) is 9.36 Å². The van der Waals surface area contributed by atoms with Crippen LogP contribution in [0.2, 0.25) is 0 Å². The lowest BCUT2D eigenvalue weighted by Gasteiger charge is -2.19. The SMILES string of the molecule is CC(=O)c1c[nH]c(=O)n(-c2ccc3c(c2)OCCO3)c1=O. The molecule has 108 valence electrons. The van der Waals surface area contributed by atoms with Crippen molar-refractivity contribution in [1.29, 1.82) is 0 Å². The smallest absolute Gasteiger partial charge is 0.333 e. The van der Waals surface area contributed by atoms with Crippen molar-refractivity contribution < 1.29 is 14.3 Å². The van der Waals surface area contributed by atoms with Crippen LogP contribution in [0.3, 0.4) is 0 Å². The van der Waals surface area contributed by atoms with Gasteiger partial charge in [0.15, 0.2) is 17.3 Å². The minimum Gasteiger partial charge on any atom is -0.486 e. The molecule has 1 aliphatic rings. The number of H-pyrrole nitrogens is 1. The number of ether oxygens (including phenoxy) is 2. The van der Waals surface area contributed by atoms with E-state index < -0.39 is 17.0 Å². The van der Waals surface area contributed by atoms with Gasteiger partial charge in [0, 0.05) is 12.3 Å². The number of Topliss-reactive ketones (excluding diaryl/α,β-unsaturated/α-hetero) is 1. The fraction of sp³-hybridized carbons (Fsp3) is 0.214. The highest BCUT2D eigenvalue weighted by Gasteiger charge is 2.16. The molecule has 2 aromatic rings. The van der Waals surface area contributed by atoms with Gasteiger partial charge in [-0.05, 0) is 19.1 Å². The summed E-state index contributed by atoms with van der Waals surface area (Å²) < 4.78 is 11.7. The molecule has 0 radical (unpaired) electrons. The van der Waals surface area contributed by atoms with Crippen LogP contribution in [-0.4, -0.2) is 28.5 Å². The van der Waals surface area contributed by atoms with Gasteiger partial charge in [0.2, 0.25) is 0 Å². The summed E-state index contributed by atoms with van der Waals surface area (Å²) in [5, 5.41) is 0. The summed E-state index contributed by atoms with van der Waals surface area (Å²) in [6.45, 7) is 2.12. The molecule has 0 aliphatic carbocycles. The van der Waals surface area contributed by atoms with E-state index in [1.807, 2.05) is 0 Å². The number of fused-ring (bicyclic) bond motifs is 1. The Morgan fingerprint density at radius 1 is 1.19 bits per heavy atom. The first-order valence-electron chi connectivity index (χ1n) is 6.33. The van der Waals surface area contributed by atoms with Crippen LogP contribution in [0.15, 0.2) is 34.0 Å². The second-order valence-corrected chi connectivity index (χ2v) is 4.53. The first-order chi connectivity index (χ1) is 10.1. The fourth-order valence-corrected chi connectivity index (χ4v) is 2.13. The molecule has 2 heterocycles. The number of aromatic nitrogens is 2. The number of carbonyl (C=O) groups is 1. The van der Waals surface area contributed by atoms with Crippen molar-refractivity contribution in [1.82, 2.24) is 9.55 Å². The maximum atomic E-state index is 12.2. The lowest BCUT2D eigenvalue weighted by Crippen LogP contribution is -2.36. The van der Waals surface area contributed by atoms with E-state index in [2.05, 4.69) is 4.98 Å². The summed E-state index contributed by atoms with van der Waals surface area (Å²) in [7, 11) is 0. The van der Waals surface area contributed by atoms with Crippen molar-refractivity contribution in [3.63, 3.8) is 0 Å². The normalized spacial score (nSPS) is 13.0. The van der Waals surface area contributed by atoms with E-state index in [0.29, 0.717) is 30.4 Å². The van der Waals surface area contributed by atoms with Crippen molar-refractivity contribution in [2.24, 2.45) is 0 Å². The summed E-state index contributed by atoms with van der Waals surface area (Å²) in [6.07, 6.45) is 1.13. The zero-order chi connectivity index (χ0) is 15.0. The molecular formula is C14H12N2O5. The molecule has 0 fully saturated rings. The van der Waals surface area contributed by atoms with E-state index in [1.165, 1.54) is 13.0 Å². The number of ketones is 1. The minimum absolute atomic E-state index is 0.0792. The monoisotopic (exact) mass is 288 g/mol. The highest BCUT2D eigenvalue weighted by Crippen LogP contribution is 2.31. The zero-order valence-corrected chi connectivity index (χ0v) is 11.2. The predicted octanol–water partition coefficient (Wildman–Crippen LogP) is 0.500. The first-order valence-corrected chi connectivity index (χ1v) is 6.33. The third-order valence-electron chi connectivity index (χ3n) is 3.14. The molecule has 0 spiro atoms. The van der Waals surface area contributed by atoms with Gasteiger partial charge in [0.1, 0.15) is 13.2 Å². The van der Waals surface area contributed by atoms with E-state index in [1.54, 1.807) is 12.1 Å². The Hall–Kier alpha value is -2.83. The van der Waals surface area contributed by atoms with Crippen molar-refractivity contribution in [2.75, 3.05) is 13.2 Å². The van der Waals surface area contributed by atoms with Crippen LogP contribution >= 0.6 is 0 Å². The molecule has 3 rings (SSSR count). The number of hydrogen-bond donors (Lipinski definition) is 1. The van der Waals surface area contributed by atoms with Crippen molar-refractivity contribution in [3.05, 3.63) is 50.8 Å². The lowest BCUT2D eigenvalue weighted by molar-refractivity contribution is 0.101. The molecule has 7 heteroatoms. The molecule has 0 atom stereocenters. The Bertz CT molecular complexity index is 834. The lowest BCUT2D eigenvalue weighted by atomic mass is 10.2. The van der Waals surface area contributed by atoms with Crippen LogP contribution < -0.4 is 20.7 Å². The number of benzene rings is 1. The number of nitrogens with zero attached hydrogens (tertiary/aromatic N) is 1. The van der Waals surface area contributed by atoms with Crippen LogP contribution in [0.1, 0.15) is 17.3 Å². The molecule has 0 saturated heterocycles. The molecule has 7 nitrogen and oxygen atoms in total. The average molecular weight is 288 g/mol. The minimum atomic E-state index is -0.664. The summed E-state index contributed by atoms with van der Waals surface area (Å²) in [4.78, 5) is 38.0. The topological polar surface area (TPSA) is 90.4 Å². The van der Waals surface area contributed by atoms with Crippen molar-refractivity contribution in [3.8, 4) is 17.2 Å². The van der Waals surface area contributed by atoms with E-state index in [9.17, 15) is 14.4 Å². The Morgan fingerprint density at radius 3 is 2.62 bits per heavy atom. The van der Waals surface area contributed by atoms with Gasteiger partial charge < -0.3 is 14.5 Å². The van der Waals surface area contributed by atoms with Gasteiger partial charge in [-0.1, -0.05) is 0 Å². The predicted molar refractivity (Wildman–Crippen MR) is 73.7 cm³/mol. The molecule has 0 unspecified atom stereocenters.